The van der Waals surface area contributed by atoms with Crippen molar-refractivity contribution in [2.75, 3.05) is 16.8 Å². The highest BCUT2D eigenvalue weighted by Gasteiger charge is 2.37. The quantitative estimate of drug-likeness (QED) is 0.437. The van der Waals surface area contributed by atoms with E-state index < -0.39 is 28.8 Å². The van der Waals surface area contributed by atoms with Crippen molar-refractivity contribution in [2.24, 2.45) is 5.92 Å². The molecule has 0 radical (unpaired) electrons. The normalized spacial score (nSPS) is 19.4. The van der Waals surface area contributed by atoms with Crippen LogP contribution in [-0.2, 0) is 6.54 Å². The van der Waals surface area contributed by atoms with Crippen LogP contribution in [0, 0.1) is 36.1 Å². The molecule has 5 rings (SSSR count). The van der Waals surface area contributed by atoms with Crippen LogP contribution in [0.25, 0.3) is 0 Å². The molecule has 3 aromatic rings. The number of nitrogens with one attached hydrogen (secondary N) is 1. The Morgan fingerprint density at radius 3 is 2.48 bits per heavy atom. The van der Waals surface area contributed by atoms with Crippen LogP contribution in [0.4, 0.5) is 34.9 Å². The van der Waals surface area contributed by atoms with Gasteiger partial charge >= 0.3 is 5.56 Å². The van der Waals surface area contributed by atoms with Crippen molar-refractivity contribution in [3.05, 3.63) is 81.3 Å². The molecule has 0 spiro atoms. The Hall–Kier alpha value is -3.36. The summed E-state index contributed by atoms with van der Waals surface area (Å²) < 4.78 is 55.9. The summed E-state index contributed by atoms with van der Waals surface area (Å²) in [6.07, 6.45) is 4.54. The van der Waals surface area contributed by atoms with Gasteiger partial charge in [0.25, 0.3) is 0 Å². The molecular formula is C24H22F4N4O. The third kappa shape index (κ3) is 4.07. The van der Waals surface area contributed by atoms with Gasteiger partial charge in [-0.15, -0.1) is 0 Å². The number of fused-ring (bicyclic) bond motifs is 2. The average Bonchev–Trinajstić information content (AvgIpc) is 3.41. The first kappa shape index (κ1) is 21.5. The number of aryl methyl sites for hydroxylation is 1. The summed E-state index contributed by atoms with van der Waals surface area (Å²) >= 11 is 0. The van der Waals surface area contributed by atoms with Gasteiger partial charge in [-0.25, -0.2) is 13.2 Å². The van der Waals surface area contributed by atoms with E-state index in [1.807, 2.05) is 19.1 Å². The minimum absolute atomic E-state index is 0.00901. The minimum atomic E-state index is -1.58. The van der Waals surface area contributed by atoms with E-state index in [2.05, 4.69) is 21.3 Å². The number of rotatable bonds is 5. The Kier molecular flexibility index (Phi) is 5.34. The van der Waals surface area contributed by atoms with Crippen LogP contribution in [0.5, 0.6) is 0 Å². The van der Waals surface area contributed by atoms with E-state index in [1.165, 1.54) is 23.8 Å². The summed E-state index contributed by atoms with van der Waals surface area (Å²) in [5, 5.41) is 3.07. The molecule has 1 saturated carbocycles. The van der Waals surface area contributed by atoms with Gasteiger partial charge in [0.2, 0.25) is 11.8 Å². The van der Waals surface area contributed by atoms with Gasteiger partial charge in [-0.3, -0.25) is 4.79 Å². The maximum absolute atomic E-state index is 14.0. The molecule has 33 heavy (non-hydrogen) atoms. The van der Waals surface area contributed by atoms with Gasteiger partial charge in [0.1, 0.15) is 0 Å². The summed E-state index contributed by atoms with van der Waals surface area (Å²) in [5.41, 5.74) is 1.61. The monoisotopic (exact) mass is 458 g/mol. The predicted molar refractivity (Wildman–Crippen MR) is 117 cm³/mol. The van der Waals surface area contributed by atoms with Crippen molar-refractivity contribution in [2.45, 2.75) is 38.8 Å². The van der Waals surface area contributed by atoms with Gasteiger partial charge in [-0.05, 0) is 67.5 Å². The number of halogens is 4. The Balaban J connectivity index is 1.48. The van der Waals surface area contributed by atoms with Crippen molar-refractivity contribution in [1.82, 2.24) is 9.55 Å². The predicted octanol–water partition coefficient (Wildman–Crippen LogP) is 4.89. The zero-order valence-electron chi connectivity index (χ0n) is 17.9. The Morgan fingerprint density at radius 1 is 1.06 bits per heavy atom. The molecule has 2 aliphatic rings. The van der Waals surface area contributed by atoms with Gasteiger partial charge in [-0.1, -0.05) is 6.07 Å². The Labute approximate surface area is 187 Å². The van der Waals surface area contributed by atoms with Crippen molar-refractivity contribution < 1.29 is 17.6 Å². The van der Waals surface area contributed by atoms with Crippen molar-refractivity contribution >= 4 is 17.3 Å². The SMILES string of the molecule is Cc1ccc(N2CC3CCC2C3)cc1Nc1nc(=O)c(F)cn1Cc1cc(F)c(F)c(F)c1. The number of hydrogen-bond donors (Lipinski definition) is 1. The van der Waals surface area contributed by atoms with Crippen LogP contribution in [0.3, 0.4) is 0 Å². The molecule has 2 unspecified atom stereocenters. The van der Waals surface area contributed by atoms with E-state index in [9.17, 15) is 22.4 Å². The molecule has 2 fully saturated rings. The van der Waals surface area contributed by atoms with E-state index in [-0.39, 0.29) is 18.1 Å². The number of benzene rings is 2. The van der Waals surface area contributed by atoms with Crippen LogP contribution >= 0.6 is 0 Å². The first-order valence-corrected chi connectivity index (χ1v) is 10.8. The molecular weight excluding hydrogens is 436 g/mol. The maximum Gasteiger partial charge on any atom is 0.310 e. The molecule has 2 heterocycles. The topological polar surface area (TPSA) is 50.2 Å². The van der Waals surface area contributed by atoms with E-state index >= 15 is 0 Å². The fraction of sp³-hybridized carbons (Fsp3) is 0.333. The van der Waals surface area contributed by atoms with Crippen LogP contribution < -0.4 is 15.8 Å². The summed E-state index contributed by atoms with van der Waals surface area (Å²) in [7, 11) is 0. The van der Waals surface area contributed by atoms with E-state index in [0.717, 1.165) is 36.1 Å². The zero-order valence-corrected chi connectivity index (χ0v) is 17.9. The minimum Gasteiger partial charge on any atom is -0.368 e. The van der Waals surface area contributed by atoms with Crippen LogP contribution in [0.15, 0.2) is 41.3 Å². The molecule has 1 aromatic heterocycles. The summed E-state index contributed by atoms with van der Waals surface area (Å²) in [6.45, 7) is 2.67. The molecule has 1 aliphatic carbocycles. The van der Waals surface area contributed by atoms with Crippen molar-refractivity contribution in [1.29, 1.82) is 0 Å². The van der Waals surface area contributed by atoms with E-state index in [4.69, 9.17) is 0 Å². The summed E-state index contributed by atoms with van der Waals surface area (Å²) in [5.74, 6) is -4.66. The highest BCUT2D eigenvalue weighted by molar-refractivity contribution is 5.66. The average molecular weight is 458 g/mol. The molecule has 5 nitrogen and oxygen atoms in total. The number of anilines is 3. The van der Waals surface area contributed by atoms with Gasteiger partial charge < -0.3 is 14.8 Å². The smallest absolute Gasteiger partial charge is 0.310 e. The third-order valence-corrected chi connectivity index (χ3v) is 6.56. The van der Waals surface area contributed by atoms with Gasteiger partial charge in [0, 0.05) is 30.2 Å². The number of hydrogen-bond acceptors (Lipinski definition) is 4. The molecule has 1 aliphatic heterocycles. The van der Waals surface area contributed by atoms with E-state index in [0.29, 0.717) is 17.6 Å². The van der Waals surface area contributed by atoms with Crippen molar-refractivity contribution in [3.63, 3.8) is 0 Å². The Bertz CT molecular complexity index is 1270. The molecule has 2 bridgehead atoms. The first-order chi connectivity index (χ1) is 15.8. The fourth-order valence-corrected chi connectivity index (χ4v) is 4.87. The summed E-state index contributed by atoms with van der Waals surface area (Å²) in [6, 6.07) is 8.15. The number of piperidine rings is 1. The van der Waals surface area contributed by atoms with Gasteiger partial charge in [0.15, 0.2) is 17.5 Å². The maximum atomic E-state index is 14.0. The lowest BCUT2D eigenvalue weighted by Crippen LogP contribution is -2.31. The molecule has 9 heteroatoms. The molecule has 1 saturated heterocycles. The van der Waals surface area contributed by atoms with Crippen LogP contribution in [0.1, 0.15) is 30.4 Å². The number of aromatic nitrogens is 2. The zero-order chi connectivity index (χ0) is 23.3. The lowest BCUT2D eigenvalue weighted by Gasteiger charge is -2.30. The lowest BCUT2D eigenvalue weighted by atomic mass is 10.1. The van der Waals surface area contributed by atoms with E-state index in [1.54, 1.807) is 0 Å². The van der Waals surface area contributed by atoms with Gasteiger partial charge in [-0.2, -0.15) is 9.37 Å². The van der Waals surface area contributed by atoms with Crippen LogP contribution in [0.2, 0.25) is 0 Å². The fourth-order valence-electron chi connectivity index (χ4n) is 4.87. The molecule has 172 valence electrons. The van der Waals surface area contributed by atoms with Gasteiger partial charge in [0.05, 0.1) is 6.54 Å². The largest absolute Gasteiger partial charge is 0.368 e. The number of nitrogens with zero attached hydrogens (tertiary/aromatic N) is 3. The lowest BCUT2D eigenvalue weighted by molar-refractivity contribution is 0.444. The van der Waals surface area contributed by atoms with Crippen LogP contribution in [-0.4, -0.2) is 22.1 Å². The molecule has 2 aromatic carbocycles. The molecule has 2 atom stereocenters. The highest BCUT2D eigenvalue weighted by Crippen LogP contribution is 2.41. The first-order valence-electron chi connectivity index (χ1n) is 10.8. The molecule has 1 N–H and O–H groups in total. The molecule has 0 amide bonds. The second kappa shape index (κ2) is 8.20. The Morgan fingerprint density at radius 2 is 1.82 bits per heavy atom. The summed E-state index contributed by atoms with van der Waals surface area (Å²) in [4.78, 5) is 18.1. The second-order valence-corrected chi connectivity index (χ2v) is 8.83. The highest BCUT2D eigenvalue weighted by atomic mass is 19.2. The van der Waals surface area contributed by atoms with Crippen molar-refractivity contribution in [3.8, 4) is 0 Å². The second-order valence-electron chi connectivity index (χ2n) is 8.83. The third-order valence-electron chi connectivity index (χ3n) is 6.56. The standard InChI is InChI=1S/C24H22F4N4O/c1-13-2-4-17(32-11-14-3-5-16(32)6-14)9-21(13)29-24-30-23(33)20(27)12-31(24)10-15-7-18(25)22(28)19(26)8-15/h2,4,7-9,12,14,16H,3,5-6,10-11H2,1H3,(H,29,30,33).